The molecule has 1 aliphatic carbocycles. The molecule has 2 heteroatoms. The molecule has 1 saturated carbocycles. The van der Waals surface area contributed by atoms with Crippen LogP contribution in [-0.2, 0) is 9.47 Å². The lowest BCUT2D eigenvalue weighted by molar-refractivity contribution is -0.206. The van der Waals surface area contributed by atoms with Crippen molar-refractivity contribution in [3.8, 4) is 0 Å². The van der Waals surface area contributed by atoms with Crippen LogP contribution in [0.1, 0.15) is 25.7 Å². The molecular formula is C8H12O2. The molecule has 0 radical (unpaired) electrons. The van der Waals surface area contributed by atoms with E-state index in [0.29, 0.717) is 0 Å². The van der Waals surface area contributed by atoms with Gasteiger partial charge in [0, 0.05) is 12.8 Å². The summed E-state index contributed by atoms with van der Waals surface area (Å²) in [4.78, 5) is 0. The Hall–Kier alpha value is -0.500. The van der Waals surface area contributed by atoms with E-state index in [1.165, 1.54) is 12.8 Å². The van der Waals surface area contributed by atoms with E-state index in [1.54, 1.807) is 6.26 Å². The van der Waals surface area contributed by atoms with Gasteiger partial charge in [-0.1, -0.05) is 0 Å². The highest BCUT2D eigenvalue weighted by atomic mass is 16.7. The normalized spacial score (nSPS) is 28.8. The van der Waals surface area contributed by atoms with Gasteiger partial charge in [-0.25, -0.2) is 0 Å². The number of hydrogen-bond donors (Lipinski definition) is 0. The third-order valence-electron chi connectivity index (χ3n) is 2.19. The third-order valence-corrected chi connectivity index (χ3v) is 2.19. The fraction of sp³-hybridized carbons (Fsp3) is 0.750. The van der Waals surface area contributed by atoms with Gasteiger partial charge in [0.2, 0.25) is 5.79 Å². The second-order valence-corrected chi connectivity index (χ2v) is 2.92. The maximum Gasteiger partial charge on any atom is 0.209 e. The van der Waals surface area contributed by atoms with E-state index in [9.17, 15) is 0 Å². The first-order chi connectivity index (χ1) is 4.91. The molecule has 0 saturated heterocycles. The molecule has 1 aliphatic heterocycles. The molecule has 1 fully saturated rings. The molecule has 0 amide bonds. The van der Waals surface area contributed by atoms with Gasteiger partial charge in [0.25, 0.3) is 0 Å². The summed E-state index contributed by atoms with van der Waals surface area (Å²) in [7, 11) is 0. The molecule has 0 N–H and O–H groups in total. The molecule has 1 spiro atoms. The Bertz CT molecular complexity index is 145. The maximum absolute atomic E-state index is 5.52. The lowest BCUT2D eigenvalue weighted by Gasteiger charge is -2.30. The van der Waals surface area contributed by atoms with Crippen molar-refractivity contribution in [1.29, 1.82) is 0 Å². The molecule has 0 aromatic carbocycles. The Morgan fingerprint density at radius 2 is 2.00 bits per heavy atom. The zero-order valence-corrected chi connectivity index (χ0v) is 6.01. The summed E-state index contributed by atoms with van der Waals surface area (Å²) < 4.78 is 10.9. The summed E-state index contributed by atoms with van der Waals surface area (Å²) >= 11 is 0. The average molecular weight is 140 g/mol. The predicted octanol–water partition coefficient (Wildman–Crippen LogP) is 1.82. The Morgan fingerprint density at radius 1 is 1.20 bits per heavy atom. The Labute approximate surface area is 60.8 Å². The van der Waals surface area contributed by atoms with E-state index in [-0.39, 0.29) is 5.79 Å². The smallest absolute Gasteiger partial charge is 0.209 e. The first-order valence-electron chi connectivity index (χ1n) is 3.88. The molecule has 2 nitrogen and oxygen atoms in total. The topological polar surface area (TPSA) is 18.5 Å². The molecule has 56 valence electrons. The lowest BCUT2D eigenvalue weighted by atomic mass is 10.2. The lowest BCUT2D eigenvalue weighted by Crippen LogP contribution is -2.33. The highest BCUT2D eigenvalue weighted by Crippen LogP contribution is 2.35. The van der Waals surface area contributed by atoms with Crippen molar-refractivity contribution in [2.45, 2.75) is 31.5 Å². The minimum Gasteiger partial charge on any atom is -0.470 e. The fourth-order valence-corrected chi connectivity index (χ4v) is 1.62. The van der Waals surface area contributed by atoms with Crippen molar-refractivity contribution in [3.05, 3.63) is 12.3 Å². The molecule has 0 bridgehead atoms. The van der Waals surface area contributed by atoms with E-state index >= 15 is 0 Å². The standard InChI is InChI=1S/C8H12O2/c1-2-5-8(4-1)9-6-3-7-10-8/h3,6H,1-2,4-5,7H2. The molecule has 0 aromatic rings. The van der Waals surface area contributed by atoms with E-state index in [2.05, 4.69) is 0 Å². The summed E-state index contributed by atoms with van der Waals surface area (Å²) in [6.07, 6.45) is 8.30. The molecule has 10 heavy (non-hydrogen) atoms. The molecular weight excluding hydrogens is 128 g/mol. The molecule has 1 heterocycles. The highest BCUT2D eigenvalue weighted by molar-refractivity contribution is 4.87. The van der Waals surface area contributed by atoms with Crippen molar-refractivity contribution < 1.29 is 9.47 Å². The van der Waals surface area contributed by atoms with Crippen molar-refractivity contribution >= 4 is 0 Å². The quantitative estimate of drug-likeness (QED) is 0.511. The SMILES string of the molecule is C1=COC2(CCCC2)OC1. The van der Waals surface area contributed by atoms with E-state index < -0.39 is 0 Å². The second kappa shape index (κ2) is 2.27. The minimum atomic E-state index is -0.214. The molecule has 2 aliphatic rings. The third kappa shape index (κ3) is 0.926. The average Bonchev–Trinajstić information content (AvgIpc) is 2.39. The van der Waals surface area contributed by atoms with Crippen molar-refractivity contribution in [1.82, 2.24) is 0 Å². The first-order valence-corrected chi connectivity index (χ1v) is 3.88. The first kappa shape index (κ1) is 6.23. The summed E-state index contributed by atoms with van der Waals surface area (Å²) in [5.41, 5.74) is 0. The second-order valence-electron chi connectivity index (χ2n) is 2.92. The van der Waals surface area contributed by atoms with Gasteiger partial charge < -0.3 is 9.47 Å². The van der Waals surface area contributed by atoms with Gasteiger partial charge >= 0.3 is 0 Å². The van der Waals surface area contributed by atoms with E-state index in [1.807, 2.05) is 6.08 Å². The van der Waals surface area contributed by atoms with Gasteiger partial charge in [-0.2, -0.15) is 0 Å². The maximum atomic E-state index is 5.52. The van der Waals surface area contributed by atoms with Gasteiger partial charge in [0.1, 0.15) is 0 Å². The summed E-state index contributed by atoms with van der Waals surface area (Å²) in [6.45, 7) is 0.722. The van der Waals surface area contributed by atoms with Crippen molar-refractivity contribution in [2.75, 3.05) is 6.61 Å². The predicted molar refractivity (Wildman–Crippen MR) is 37.4 cm³/mol. The number of rotatable bonds is 0. The Morgan fingerprint density at radius 3 is 2.60 bits per heavy atom. The van der Waals surface area contributed by atoms with Crippen LogP contribution in [0.2, 0.25) is 0 Å². The van der Waals surface area contributed by atoms with Gasteiger partial charge in [-0.3, -0.25) is 0 Å². The van der Waals surface area contributed by atoms with Crippen LogP contribution in [0.4, 0.5) is 0 Å². The molecule has 0 aromatic heterocycles. The number of ether oxygens (including phenoxy) is 2. The summed E-state index contributed by atoms with van der Waals surface area (Å²) in [5.74, 6) is -0.214. The highest BCUT2D eigenvalue weighted by Gasteiger charge is 2.36. The number of hydrogen-bond acceptors (Lipinski definition) is 2. The van der Waals surface area contributed by atoms with Gasteiger partial charge in [-0.05, 0) is 18.9 Å². The fourth-order valence-electron chi connectivity index (χ4n) is 1.62. The van der Waals surface area contributed by atoms with Gasteiger partial charge in [0.15, 0.2) is 0 Å². The van der Waals surface area contributed by atoms with Crippen LogP contribution in [0.5, 0.6) is 0 Å². The van der Waals surface area contributed by atoms with Crippen LogP contribution in [0.25, 0.3) is 0 Å². The van der Waals surface area contributed by atoms with Crippen molar-refractivity contribution in [2.24, 2.45) is 0 Å². The summed E-state index contributed by atoms with van der Waals surface area (Å²) in [6, 6.07) is 0. The largest absolute Gasteiger partial charge is 0.470 e. The van der Waals surface area contributed by atoms with Crippen LogP contribution in [0, 0.1) is 0 Å². The Kier molecular flexibility index (Phi) is 1.42. The minimum absolute atomic E-state index is 0.214. The van der Waals surface area contributed by atoms with Crippen LogP contribution >= 0.6 is 0 Å². The zero-order chi connectivity index (χ0) is 6.86. The van der Waals surface area contributed by atoms with E-state index in [0.717, 1.165) is 19.4 Å². The van der Waals surface area contributed by atoms with Crippen LogP contribution in [0.15, 0.2) is 12.3 Å². The van der Waals surface area contributed by atoms with Crippen LogP contribution in [-0.4, -0.2) is 12.4 Å². The van der Waals surface area contributed by atoms with E-state index in [4.69, 9.17) is 9.47 Å². The Balaban J connectivity index is 2.06. The monoisotopic (exact) mass is 140 g/mol. The van der Waals surface area contributed by atoms with Gasteiger partial charge in [0.05, 0.1) is 12.9 Å². The zero-order valence-electron chi connectivity index (χ0n) is 6.01. The molecule has 0 atom stereocenters. The van der Waals surface area contributed by atoms with Gasteiger partial charge in [-0.15, -0.1) is 0 Å². The van der Waals surface area contributed by atoms with Crippen molar-refractivity contribution in [3.63, 3.8) is 0 Å². The van der Waals surface area contributed by atoms with Crippen LogP contribution in [0.3, 0.4) is 0 Å². The summed E-state index contributed by atoms with van der Waals surface area (Å²) in [5, 5.41) is 0. The molecule has 0 unspecified atom stereocenters. The van der Waals surface area contributed by atoms with Crippen LogP contribution < -0.4 is 0 Å². The molecule has 2 rings (SSSR count).